The lowest BCUT2D eigenvalue weighted by Crippen LogP contribution is -2.42. The molecule has 4 heteroatoms. The molecule has 0 aromatic heterocycles. The van der Waals surface area contributed by atoms with Crippen LogP contribution >= 0.6 is 0 Å². The summed E-state index contributed by atoms with van der Waals surface area (Å²) in [4.78, 5) is 14.6. The molecular formula is C8H19N3O. The first-order valence-electron chi connectivity index (χ1n) is 4.15. The summed E-state index contributed by atoms with van der Waals surface area (Å²) in [5.41, 5.74) is 5.39. The van der Waals surface area contributed by atoms with Crippen molar-refractivity contribution in [3.63, 3.8) is 0 Å². The molecule has 0 saturated carbocycles. The minimum absolute atomic E-state index is 0.0240. The first-order valence-corrected chi connectivity index (χ1v) is 4.15. The Morgan fingerprint density at radius 1 is 1.42 bits per heavy atom. The number of nitrogens with zero attached hydrogens (tertiary/aromatic N) is 2. The molecule has 0 aliphatic heterocycles. The molecule has 0 fully saturated rings. The molecular weight excluding hydrogens is 154 g/mol. The van der Waals surface area contributed by atoms with E-state index in [-0.39, 0.29) is 12.1 Å². The van der Waals surface area contributed by atoms with Crippen LogP contribution in [0.15, 0.2) is 0 Å². The first kappa shape index (κ1) is 11.2. The van der Waals surface area contributed by atoms with Crippen molar-refractivity contribution in [3.05, 3.63) is 0 Å². The second-order valence-electron chi connectivity index (χ2n) is 3.21. The summed E-state index contributed by atoms with van der Waals surface area (Å²) < 4.78 is 0. The van der Waals surface area contributed by atoms with Crippen LogP contribution in [0.1, 0.15) is 13.3 Å². The van der Waals surface area contributed by atoms with Crippen molar-refractivity contribution < 1.29 is 4.79 Å². The van der Waals surface area contributed by atoms with Crippen LogP contribution in [0.5, 0.6) is 0 Å². The van der Waals surface area contributed by atoms with Gasteiger partial charge < -0.3 is 15.5 Å². The summed E-state index contributed by atoms with van der Waals surface area (Å²) in [6, 6.07) is 0.237. The Morgan fingerprint density at radius 3 is 2.25 bits per heavy atom. The van der Waals surface area contributed by atoms with E-state index in [1.807, 2.05) is 6.92 Å². The summed E-state index contributed by atoms with van der Waals surface area (Å²) in [5.74, 6) is 0. The van der Waals surface area contributed by atoms with Crippen molar-refractivity contribution in [2.24, 2.45) is 5.73 Å². The second kappa shape index (κ2) is 4.98. The second-order valence-corrected chi connectivity index (χ2v) is 3.21. The van der Waals surface area contributed by atoms with Gasteiger partial charge in [0.2, 0.25) is 0 Å². The molecule has 0 bridgehead atoms. The molecule has 4 nitrogen and oxygen atoms in total. The van der Waals surface area contributed by atoms with Gasteiger partial charge in [-0.25, -0.2) is 4.79 Å². The van der Waals surface area contributed by atoms with E-state index in [2.05, 4.69) is 0 Å². The average molecular weight is 173 g/mol. The lowest BCUT2D eigenvalue weighted by molar-refractivity contribution is 0.165. The standard InChI is InChI=1S/C8H19N3O/c1-7(5-6-9)11(4)8(12)10(2)3/h7H,5-6,9H2,1-4H3. The molecule has 72 valence electrons. The minimum atomic E-state index is 0.0240. The molecule has 1 atom stereocenters. The Kier molecular flexibility index (Phi) is 4.66. The van der Waals surface area contributed by atoms with Crippen molar-refractivity contribution in [3.8, 4) is 0 Å². The van der Waals surface area contributed by atoms with Crippen molar-refractivity contribution in [1.82, 2.24) is 9.80 Å². The average Bonchev–Trinajstić information content (AvgIpc) is 2.02. The van der Waals surface area contributed by atoms with Gasteiger partial charge in [0.15, 0.2) is 0 Å². The van der Waals surface area contributed by atoms with Crippen molar-refractivity contribution in [1.29, 1.82) is 0 Å². The van der Waals surface area contributed by atoms with Crippen LogP contribution in [0.25, 0.3) is 0 Å². The first-order chi connectivity index (χ1) is 5.50. The Hall–Kier alpha value is -0.770. The number of carbonyl (C=O) groups excluding carboxylic acids is 1. The normalized spacial score (nSPS) is 12.4. The van der Waals surface area contributed by atoms with Gasteiger partial charge in [-0.15, -0.1) is 0 Å². The van der Waals surface area contributed by atoms with Gasteiger partial charge in [0.1, 0.15) is 0 Å². The highest BCUT2D eigenvalue weighted by molar-refractivity contribution is 5.73. The number of hydrogen-bond acceptors (Lipinski definition) is 2. The number of rotatable bonds is 3. The van der Waals surface area contributed by atoms with Crippen LogP contribution in [0.3, 0.4) is 0 Å². The van der Waals surface area contributed by atoms with Crippen LogP contribution in [-0.2, 0) is 0 Å². The van der Waals surface area contributed by atoms with Gasteiger partial charge in [0.25, 0.3) is 0 Å². The van der Waals surface area contributed by atoms with Gasteiger partial charge in [0, 0.05) is 27.2 Å². The number of nitrogens with two attached hydrogens (primary N) is 1. The number of hydrogen-bond donors (Lipinski definition) is 1. The molecule has 12 heavy (non-hydrogen) atoms. The summed E-state index contributed by atoms with van der Waals surface area (Å²) in [5, 5.41) is 0. The molecule has 0 radical (unpaired) electrons. The van der Waals surface area contributed by atoms with Crippen molar-refractivity contribution in [2.45, 2.75) is 19.4 Å². The molecule has 0 spiro atoms. The third-order valence-electron chi connectivity index (χ3n) is 1.93. The molecule has 0 rings (SSSR count). The largest absolute Gasteiger partial charge is 0.331 e. The predicted octanol–water partition coefficient (Wildman–Crippen LogP) is 0.337. The fourth-order valence-electron chi connectivity index (χ4n) is 0.939. The van der Waals surface area contributed by atoms with Gasteiger partial charge in [-0.2, -0.15) is 0 Å². The molecule has 0 aromatic rings. The maximum atomic E-state index is 11.4. The van der Waals surface area contributed by atoms with Crippen LogP contribution in [0, 0.1) is 0 Å². The molecule has 0 heterocycles. The van der Waals surface area contributed by atoms with Gasteiger partial charge in [0.05, 0.1) is 0 Å². The number of urea groups is 1. The lowest BCUT2D eigenvalue weighted by Gasteiger charge is -2.27. The Morgan fingerprint density at radius 2 is 1.92 bits per heavy atom. The van der Waals surface area contributed by atoms with Crippen molar-refractivity contribution >= 4 is 6.03 Å². The number of amides is 2. The number of carbonyl (C=O) groups is 1. The van der Waals surface area contributed by atoms with E-state index in [9.17, 15) is 4.79 Å². The van der Waals surface area contributed by atoms with Crippen molar-refractivity contribution in [2.75, 3.05) is 27.7 Å². The quantitative estimate of drug-likeness (QED) is 0.669. The molecule has 0 saturated heterocycles. The maximum Gasteiger partial charge on any atom is 0.319 e. The summed E-state index contributed by atoms with van der Waals surface area (Å²) in [6.45, 7) is 2.61. The maximum absolute atomic E-state index is 11.4. The SMILES string of the molecule is CC(CCN)N(C)C(=O)N(C)C. The highest BCUT2D eigenvalue weighted by Crippen LogP contribution is 2.01. The molecule has 2 amide bonds. The minimum Gasteiger partial charge on any atom is -0.331 e. The Balaban J connectivity index is 4.00. The lowest BCUT2D eigenvalue weighted by atomic mass is 10.2. The molecule has 0 aromatic carbocycles. The van der Waals surface area contributed by atoms with E-state index < -0.39 is 0 Å². The zero-order chi connectivity index (χ0) is 9.72. The third-order valence-corrected chi connectivity index (χ3v) is 1.93. The Bertz CT molecular complexity index is 147. The summed E-state index contributed by atoms with van der Waals surface area (Å²) >= 11 is 0. The van der Waals surface area contributed by atoms with Crippen LogP contribution in [-0.4, -0.2) is 49.6 Å². The molecule has 0 aliphatic carbocycles. The van der Waals surface area contributed by atoms with E-state index >= 15 is 0 Å². The molecule has 0 aliphatic rings. The summed E-state index contributed by atoms with van der Waals surface area (Å²) in [7, 11) is 5.28. The highest BCUT2D eigenvalue weighted by atomic mass is 16.2. The molecule has 1 unspecified atom stereocenters. The third kappa shape index (κ3) is 3.09. The topological polar surface area (TPSA) is 49.6 Å². The monoisotopic (exact) mass is 173 g/mol. The smallest absolute Gasteiger partial charge is 0.319 e. The van der Waals surface area contributed by atoms with Gasteiger partial charge >= 0.3 is 6.03 Å². The van der Waals surface area contributed by atoms with Gasteiger partial charge in [-0.05, 0) is 19.9 Å². The fourth-order valence-corrected chi connectivity index (χ4v) is 0.939. The Labute approximate surface area is 74.3 Å². The van der Waals surface area contributed by atoms with Crippen LogP contribution in [0.2, 0.25) is 0 Å². The zero-order valence-electron chi connectivity index (χ0n) is 8.37. The molecule has 2 N–H and O–H groups in total. The van der Waals surface area contributed by atoms with E-state index in [0.717, 1.165) is 6.42 Å². The van der Waals surface area contributed by atoms with E-state index in [4.69, 9.17) is 5.73 Å². The van der Waals surface area contributed by atoms with E-state index in [1.54, 1.807) is 30.9 Å². The van der Waals surface area contributed by atoms with E-state index in [1.165, 1.54) is 0 Å². The van der Waals surface area contributed by atoms with Gasteiger partial charge in [-0.3, -0.25) is 0 Å². The van der Waals surface area contributed by atoms with Gasteiger partial charge in [-0.1, -0.05) is 0 Å². The van der Waals surface area contributed by atoms with E-state index in [0.29, 0.717) is 6.54 Å². The van der Waals surface area contributed by atoms with Crippen LogP contribution in [0.4, 0.5) is 4.79 Å². The predicted molar refractivity (Wildman–Crippen MR) is 50.0 cm³/mol. The zero-order valence-corrected chi connectivity index (χ0v) is 8.37. The van der Waals surface area contributed by atoms with Crippen LogP contribution < -0.4 is 5.73 Å². The summed E-state index contributed by atoms with van der Waals surface area (Å²) in [6.07, 6.45) is 0.843. The fraction of sp³-hybridized carbons (Fsp3) is 0.875. The highest BCUT2D eigenvalue weighted by Gasteiger charge is 2.15.